The Balaban J connectivity index is 1.97. The Morgan fingerprint density at radius 1 is 0.900 bits per heavy atom. The van der Waals surface area contributed by atoms with Gasteiger partial charge in [0.2, 0.25) is 0 Å². The second kappa shape index (κ2) is 6.95. The Bertz CT molecular complexity index is 333. The Kier molecular flexibility index (Phi) is 5.50. The van der Waals surface area contributed by atoms with E-state index in [4.69, 9.17) is 19.7 Å². The van der Waals surface area contributed by atoms with Crippen LogP contribution in [0, 0.1) is 0 Å². The van der Waals surface area contributed by atoms with Crippen molar-refractivity contribution in [3.05, 3.63) is 12.2 Å². The fraction of sp³-hybridized carbons (Fsp3) is 0.846. The van der Waals surface area contributed by atoms with Gasteiger partial charge in [0.05, 0.1) is 31.5 Å². The van der Waals surface area contributed by atoms with Crippen LogP contribution >= 0.6 is 0 Å². The van der Waals surface area contributed by atoms with Gasteiger partial charge < -0.3 is 35.0 Å². The number of ether oxygens (including phenoxy) is 2. The van der Waals surface area contributed by atoms with Crippen molar-refractivity contribution >= 4 is 0 Å². The molecule has 0 aromatic heterocycles. The molecular weight excluding hydrogens is 268 g/mol. The summed E-state index contributed by atoms with van der Waals surface area (Å²) in [6.07, 6.45) is -1.65. The monoisotopic (exact) mass is 290 g/mol. The molecule has 1 saturated heterocycles. The molecule has 20 heavy (non-hydrogen) atoms. The van der Waals surface area contributed by atoms with E-state index in [0.717, 1.165) is 0 Å². The van der Waals surface area contributed by atoms with Gasteiger partial charge in [0.1, 0.15) is 24.4 Å². The third-order valence-electron chi connectivity index (χ3n) is 3.78. The fourth-order valence-corrected chi connectivity index (χ4v) is 2.58. The second-order valence-electron chi connectivity index (χ2n) is 5.25. The molecule has 7 atom stereocenters. The summed E-state index contributed by atoms with van der Waals surface area (Å²) in [4.78, 5) is 0. The third kappa shape index (κ3) is 3.37. The number of aliphatic hydroxyl groups is 5. The second-order valence-corrected chi connectivity index (χ2v) is 5.25. The van der Waals surface area contributed by atoms with E-state index in [0.29, 0.717) is 6.42 Å². The maximum Gasteiger partial charge on any atom is 0.111 e. The molecule has 1 fully saturated rings. The van der Waals surface area contributed by atoms with Crippen LogP contribution in [0.25, 0.3) is 0 Å². The molecule has 0 saturated carbocycles. The quantitative estimate of drug-likeness (QED) is 0.377. The van der Waals surface area contributed by atoms with Gasteiger partial charge in [0.25, 0.3) is 0 Å². The molecule has 0 aromatic carbocycles. The van der Waals surface area contributed by atoms with Crippen LogP contribution in [-0.4, -0.2) is 81.5 Å². The largest absolute Gasteiger partial charge is 0.394 e. The van der Waals surface area contributed by atoms with Crippen molar-refractivity contribution < 1.29 is 35.0 Å². The average Bonchev–Trinajstić information content (AvgIpc) is 2.48. The van der Waals surface area contributed by atoms with Crippen LogP contribution in [0.1, 0.15) is 12.8 Å². The van der Waals surface area contributed by atoms with Gasteiger partial charge in [0, 0.05) is 6.42 Å². The van der Waals surface area contributed by atoms with Crippen LogP contribution in [-0.2, 0) is 9.47 Å². The highest BCUT2D eigenvalue weighted by Crippen LogP contribution is 2.26. The summed E-state index contributed by atoms with van der Waals surface area (Å²) in [5.74, 6) is 0. The standard InChI is InChI=1S/C13H22O7/c14-5-8-3-1-2-7(19-8)4-9-11(16)13(18)12(17)10(6-15)20-9/h1-2,7-18H,3-6H2/t7-,8+,9-,10-,11+,12-,13-/m1/s1. The molecule has 5 N–H and O–H groups in total. The molecule has 2 aliphatic heterocycles. The Morgan fingerprint density at radius 3 is 2.25 bits per heavy atom. The third-order valence-corrected chi connectivity index (χ3v) is 3.78. The lowest BCUT2D eigenvalue weighted by Gasteiger charge is -2.41. The van der Waals surface area contributed by atoms with Gasteiger partial charge in [-0.2, -0.15) is 0 Å². The highest BCUT2D eigenvalue weighted by atomic mass is 16.5. The zero-order valence-electron chi connectivity index (χ0n) is 11.1. The van der Waals surface area contributed by atoms with E-state index in [9.17, 15) is 15.3 Å². The first-order valence-corrected chi connectivity index (χ1v) is 6.80. The van der Waals surface area contributed by atoms with Gasteiger partial charge in [-0.25, -0.2) is 0 Å². The zero-order chi connectivity index (χ0) is 14.7. The molecule has 2 rings (SSSR count). The Labute approximate surface area is 117 Å². The zero-order valence-corrected chi connectivity index (χ0v) is 11.1. The highest BCUT2D eigenvalue weighted by Gasteiger charge is 2.44. The lowest BCUT2D eigenvalue weighted by atomic mass is 9.91. The first-order chi connectivity index (χ1) is 9.56. The first-order valence-electron chi connectivity index (χ1n) is 6.80. The van der Waals surface area contributed by atoms with Gasteiger partial charge in [-0.05, 0) is 6.42 Å². The molecule has 2 aliphatic rings. The van der Waals surface area contributed by atoms with Gasteiger partial charge in [-0.1, -0.05) is 12.2 Å². The first kappa shape index (κ1) is 15.8. The summed E-state index contributed by atoms with van der Waals surface area (Å²) < 4.78 is 11.0. The van der Waals surface area contributed by atoms with Crippen molar-refractivity contribution in [3.8, 4) is 0 Å². The normalized spacial score (nSPS) is 45.5. The minimum atomic E-state index is -1.37. The topological polar surface area (TPSA) is 120 Å². The van der Waals surface area contributed by atoms with Crippen LogP contribution in [0.2, 0.25) is 0 Å². The predicted molar refractivity (Wildman–Crippen MR) is 67.9 cm³/mol. The molecule has 0 bridgehead atoms. The van der Waals surface area contributed by atoms with Crippen molar-refractivity contribution in [2.24, 2.45) is 0 Å². The molecule has 7 nitrogen and oxygen atoms in total. The summed E-state index contributed by atoms with van der Waals surface area (Å²) in [7, 11) is 0. The summed E-state index contributed by atoms with van der Waals surface area (Å²) >= 11 is 0. The van der Waals surface area contributed by atoms with Crippen LogP contribution in [0.4, 0.5) is 0 Å². The lowest BCUT2D eigenvalue weighted by molar-refractivity contribution is -0.235. The van der Waals surface area contributed by atoms with Gasteiger partial charge in [-0.3, -0.25) is 0 Å². The molecule has 0 spiro atoms. The van der Waals surface area contributed by atoms with Gasteiger partial charge in [-0.15, -0.1) is 0 Å². The van der Waals surface area contributed by atoms with Crippen LogP contribution in [0.3, 0.4) is 0 Å². The minimum absolute atomic E-state index is 0.0878. The number of hydrogen-bond donors (Lipinski definition) is 5. The van der Waals surface area contributed by atoms with E-state index in [1.54, 1.807) is 0 Å². The molecule has 0 radical (unpaired) electrons. The fourth-order valence-electron chi connectivity index (χ4n) is 2.58. The van der Waals surface area contributed by atoms with Crippen LogP contribution in [0.5, 0.6) is 0 Å². The van der Waals surface area contributed by atoms with E-state index in [-0.39, 0.29) is 25.2 Å². The van der Waals surface area contributed by atoms with E-state index in [1.165, 1.54) is 0 Å². The Hall–Kier alpha value is -0.540. The van der Waals surface area contributed by atoms with Crippen LogP contribution in [0.15, 0.2) is 12.2 Å². The molecule has 0 aliphatic carbocycles. The highest BCUT2D eigenvalue weighted by molar-refractivity contribution is 5.00. The smallest absolute Gasteiger partial charge is 0.111 e. The van der Waals surface area contributed by atoms with E-state index < -0.39 is 37.1 Å². The minimum Gasteiger partial charge on any atom is -0.394 e. The summed E-state index contributed by atoms with van der Waals surface area (Å²) in [5.41, 5.74) is 0. The SMILES string of the molecule is OC[C@@H]1CC=C[C@H](C[C@H]2O[C@H](CO)[C@@H](O)[C@H](O)[C@H]2O)O1. The van der Waals surface area contributed by atoms with Crippen molar-refractivity contribution in [2.45, 2.75) is 55.6 Å². The Morgan fingerprint density at radius 2 is 1.60 bits per heavy atom. The summed E-state index contributed by atoms with van der Waals surface area (Å²) in [5, 5.41) is 47.5. The van der Waals surface area contributed by atoms with E-state index >= 15 is 0 Å². The van der Waals surface area contributed by atoms with Crippen molar-refractivity contribution in [3.63, 3.8) is 0 Å². The van der Waals surface area contributed by atoms with Crippen LogP contribution < -0.4 is 0 Å². The number of hydrogen-bond acceptors (Lipinski definition) is 7. The molecule has 7 heteroatoms. The average molecular weight is 290 g/mol. The number of aliphatic hydroxyl groups excluding tert-OH is 5. The molecule has 116 valence electrons. The maximum absolute atomic E-state index is 9.93. The van der Waals surface area contributed by atoms with Crippen molar-refractivity contribution in [2.75, 3.05) is 13.2 Å². The van der Waals surface area contributed by atoms with Gasteiger partial charge in [0.15, 0.2) is 0 Å². The molecule has 0 unspecified atom stereocenters. The summed E-state index contributed by atoms with van der Waals surface area (Å²) in [6.45, 7) is -0.530. The summed E-state index contributed by atoms with van der Waals surface area (Å²) in [6, 6.07) is 0. The van der Waals surface area contributed by atoms with Gasteiger partial charge >= 0.3 is 0 Å². The maximum atomic E-state index is 9.93. The predicted octanol–water partition coefficient (Wildman–Crippen LogP) is -2.08. The van der Waals surface area contributed by atoms with Crippen molar-refractivity contribution in [1.29, 1.82) is 0 Å². The van der Waals surface area contributed by atoms with E-state index in [1.807, 2.05) is 12.2 Å². The molecule has 0 amide bonds. The number of rotatable bonds is 4. The van der Waals surface area contributed by atoms with Crippen molar-refractivity contribution in [1.82, 2.24) is 0 Å². The molecule has 2 heterocycles. The molecule has 0 aromatic rings. The van der Waals surface area contributed by atoms with E-state index in [2.05, 4.69) is 0 Å². The lowest BCUT2D eigenvalue weighted by Crippen LogP contribution is -2.59. The molecular formula is C13H22O7.